The number of hydrogen-bond acceptors (Lipinski definition) is 3. The Labute approximate surface area is 199 Å². The van der Waals surface area contributed by atoms with Crippen LogP contribution in [0.25, 0.3) is 22.2 Å². The SMILES string of the molecule is O=C(C(Cl)c1ccccc1)N1CCCC1c1nc2cc(-c3ccccc3C(F)(F)F)ccc2o1. The number of nitrogens with zero attached hydrogens (tertiary/aromatic N) is 2. The number of rotatable bonds is 4. The van der Waals surface area contributed by atoms with E-state index in [0.717, 1.165) is 12.5 Å². The van der Waals surface area contributed by atoms with Crippen LogP contribution in [0.15, 0.2) is 77.2 Å². The normalized spacial score (nSPS) is 17.3. The topological polar surface area (TPSA) is 46.3 Å². The predicted octanol–water partition coefficient (Wildman–Crippen LogP) is 7.16. The number of amides is 1. The first-order chi connectivity index (χ1) is 16.3. The van der Waals surface area contributed by atoms with Gasteiger partial charge in [0.1, 0.15) is 16.9 Å². The van der Waals surface area contributed by atoms with Crippen LogP contribution in [-0.2, 0) is 11.0 Å². The molecule has 1 fully saturated rings. The first kappa shape index (κ1) is 22.5. The van der Waals surface area contributed by atoms with E-state index in [0.29, 0.717) is 41.1 Å². The maximum absolute atomic E-state index is 13.5. The van der Waals surface area contributed by atoms with Gasteiger partial charge < -0.3 is 9.32 Å². The van der Waals surface area contributed by atoms with E-state index in [4.69, 9.17) is 16.0 Å². The number of fused-ring (bicyclic) bond motifs is 1. The lowest BCUT2D eigenvalue weighted by molar-refractivity contribution is -0.137. The lowest BCUT2D eigenvalue weighted by Gasteiger charge is -2.24. The summed E-state index contributed by atoms with van der Waals surface area (Å²) in [5.41, 5.74) is 1.36. The monoisotopic (exact) mass is 484 g/mol. The molecule has 2 heterocycles. The van der Waals surface area contributed by atoms with Gasteiger partial charge in [-0.25, -0.2) is 4.98 Å². The van der Waals surface area contributed by atoms with Gasteiger partial charge in [-0.05, 0) is 47.7 Å². The van der Waals surface area contributed by atoms with Crippen molar-refractivity contribution < 1.29 is 22.4 Å². The Bertz CT molecular complexity index is 1340. The van der Waals surface area contributed by atoms with Crippen LogP contribution in [-0.4, -0.2) is 22.3 Å². The minimum absolute atomic E-state index is 0.0759. The van der Waals surface area contributed by atoms with Crippen molar-refractivity contribution in [2.24, 2.45) is 0 Å². The van der Waals surface area contributed by atoms with Crippen molar-refractivity contribution in [2.75, 3.05) is 6.54 Å². The quantitative estimate of drug-likeness (QED) is 0.289. The van der Waals surface area contributed by atoms with E-state index >= 15 is 0 Å². The van der Waals surface area contributed by atoms with Crippen molar-refractivity contribution in [2.45, 2.75) is 30.4 Å². The van der Waals surface area contributed by atoms with Gasteiger partial charge in [0, 0.05) is 6.54 Å². The first-order valence-electron chi connectivity index (χ1n) is 10.9. The van der Waals surface area contributed by atoms with Crippen LogP contribution in [0, 0.1) is 0 Å². The van der Waals surface area contributed by atoms with E-state index in [1.54, 1.807) is 41.3 Å². The zero-order chi connectivity index (χ0) is 23.9. The van der Waals surface area contributed by atoms with Gasteiger partial charge >= 0.3 is 6.18 Å². The average Bonchev–Trinajstić information content (AvgIpc) is 3.49. The van der Waals surface area contributed by atoms with Crippen LogP contribution in [0.3, 0.4) is 0 Å². The summed E-state index contributed by atoms with van der Waals surface area (Å²) in [7, 11) is 0. The Morgan fingerprint density at radius 3 is 2.56 bits per heavy atom. The molecule has 1 saturated heterocycles. The molecule has 5 rings (SSSR count). The lowest BCUT2D eigenvalue weighted by Crippen LogP contribution is -2.33. The van der Waals surface area contributed by atoms with Crippen LogP contribution in [0.2, 0.25) is 0 Å². The third kappa shape index (κ3) is 4.16. The molecule has 3 aromatic carbocycles. The molecule has 1 aliphatic rings. The van der Waals surface area contributed by atoms with Gasteiger partial charge in [0.05, 0.1) is 5.56 Å². The number of carbonyl (C=O) groups excluding carboxylic acids is 1. The Balaban J connectivity index is 1.46. The van der Waals surface area contributed by atoms with Crippen LogP contribution in [0.5, 0.6) is 0 Å². The van der Waals surface area contributed by atoms with Crippen molar-refractivity contribution in [3.63, 3.8) is 0 Å². The number of carbonyl (C=O) groups is 1. The molecule has 0 saturated carbocycles. The molecule has 4 nitrogen and oxygen atoms in total. The van der Waals surface area contributed by atoms with Crippen molar-refractivity contribution in [3.8, 4) is 11.1 Å². The molecule has 1 aliphatic heterocycles. The van der Waals surface area contributed by atoms with Crippen molar-refractivity contribution in [1.29, 1.82) is 0 Å². The third-order valence-corrected chi connectivity index (χ3v) is 6.52. The Hall–Kier alpha value is -3.32. The molecule has 2 unspecified atom stereocenters. The highest BCUT2D eigenvalue weighted by atomic mass is 35.5. The molecular formula is C26H20ClF3N2O2. The van der Waals surface area contributed by atoms with Gasteiger partial charge in [-0.1, -0.05) is 54.6 Å². The fourth-order valence-electron chi connectivity index (χ4n) is 4.43. The summed E-state index contributed by atoms with van der Waals surface area (Å²) in [6.07, 6.45) is -3.03. The van der Waals surface area contributed by atoms with Gasteiger partial charge in [0.2, 0.25) is 11.8 Å². The molecule has 2 atom stereocenters. The second kappa shape index (κ2) is 8.80. The molecule has 0 N–H and O–H groups in total. The fraction of sp³-hybridized carbons (Fsp3) is 0.231. The number of likely N-dealkylation sites (tertiary alicyclic amines) is 1. The van der Waals surface area contributed by atoms with Crippen LogP contribution in [0.1, 0.15) is 41.3 Å². The number of halogens is 4. The Kier molecular flexibility index (Phi) is 5.81. The Morgan fingerprint density at radius 2 is 1.79 bits per heavy atom. The van der Waals surface area contributed by atoms with Crippen LogP contribution >= 0.6 is 11.6 Å². The molecule has 34 heavy (non-hydrogen) atoms. The van der Waals surface area contributed by atoms with E-state index in [-0.39, 0.29) is 17.5 Å². The molecule has 8 heteroatoms. The number of oxazole rings is 1. The van der Waals surface area contributed by atoms with Gasteiger partial charge in [-0.15, -0.1) is 11.6 Å². The smallest absolute Gasteiger partial charge is 0.417 e. The summed E-state index contributed by atoms with van der Waals surface area (Å²) in [6.45, 7) is 0.530. The molecule has 4 aromatic rings. The van der Waals surface area contributed by atoms with Gasteiger partial charge in [-0.2, -0.15) is 13.2 Å². The maximum atomic E-state index is 13.5. The highest BCUT2D eigenvalue weighted by Gasteiger charge is 2.37. The molecule has 1 amide bonds. The maximum Gasteiger partial charge on any atom is 0.417 e. The highest BCUT2D eigenvalue weighted by molar-refractivity contribution is 6.30. The molecule has 0 aliphatic carbocycles. The predicted molar refractivity (Wildman–Crippen MR) is 123 cm³/mol. The summed E-state index contributed by atoms with van der Waals surface area (Å²) >= 11 is 6.47. The standard InChI is InChI=1S/C26H20ClF3N2O2/c27-23(16-7-2-1-3-8-16)25(33)32-14-6-11-21(32)24-31-20-15-17(12-13-22(20)34-24)18-9-4-5-10-19(18)26(28,29)30/h1-5,7-10,12-13,15,21,23H,6,11,14H2. The van der Waals surface area contributed by atoms with Crippen molar-refractivity contribution >= 4 is 28.6 Å². The van der Waals surface area contributed by atoms with E-state index in [1.165, 1.54) is 12.1 Å². The molecule has 0 radical (unpaired) electrons. The summed E-state index contributed by atoms with van der Waals surface area (Å²) < 4.78 is 46.4. The zero-order valence-corrected chi connectivity index (χ0v) is 18.7. The molecule has 174 valence electrons. The molecular weight excluding hydrogens is 465 g/mol. The number of alkyl halides is 4. The van der Waals surface area contributed by atoms with E-state index < -0.39 is 17.1 Å². The Morgan fingerprint density at radius 1 is 1.06 bits per heavy atom. The second-order valence-electron chi connectivity index (χ2n) is 8.24. The minimum Gasteiger partial charge on any atom is -0.438 e. The van der Waals surface area contributed by atoms with Gasteiger partial charge in [0.25, 0.3) is 0 Å². The van der Waals surface area contributed by atoms with Crippen molar-refractivity contribution in [1.82, 2.24) is 9.88 Å². The zero-order valence-electron chi connectivity index (χ0n) is 17.9. The highest BCUT2D eigenvalue weighted by Crippen LogP contribution is 2.39. The minimum atomic E-state index is -4.47. The molecule has 0 spiro atoms. The van der Waals surface area contributed by atoms with Crippen LogP contribution < -0.4 is 0 Å². The molecule has 1 aromatic heterocycles. The second-order valence-corrected chi connectivity index (χ2v) is 8.68. The summed E-state index contributed by atoms with van der Waals surface area (Å²) in [4.78, 5) is 19.4. The average molecular weight is 485 g/mol. The van der Waals surface area contributed by atoms with E-state index in [2.05, 4.69) is 4.98 Å². The number of benzene rings is 3. The first-order valence-corrected chi connectivity index (χ1v) is 11.3. The lowest BCUT2D eigenvalue weighted by atomic mass is 9.99. The summed E-state index contributed by atoms with van der Waals surface area (Å²) in [5, 5.41) is -0.823. The van der Waals surface area contributed by atoms with Gasteiger partial charge in [-0.3, -0.25) is 4.79 Å². The third-order valence-electron chi connectivity index (χ3n) is 6.08. The van der Waals surface area contributed by atoms with Crippen LogP contribution in [0.4, 0.5) is 13.2 Å². The fourth-order valence-corrected chi connectivity index (χ4v) is 4.71. The molecule has 0 bridgehead atoms. The summed E-state index contributed by atoms with van der Waals surface area (Å²) in [5.74, 6) is 0.136. The van der Waals surface area contributed by atoms with E-state index in [1.807, 2.05) is 18.2 Å². The van der Waals surface area contributed by atoms with Crippen molar-refractivity contribution in [3.05, 3.63) is 89.8 Å². The largest absolute Gasteiger partial charge is 0.438 e. The summed E-state index contributed by atoms with van der Waals surface area (Å²) in [6, 6.07) is 19.0. The van der Waals surface area contributed by atoms with E-state index in [9.17, 15) is 18.0 Å². The van der Waals surface area contributed by atoms with Gasteiger partial charge in [0.15, 0.2) is 5.58 Å². The number of aromatic nitrogens is 1. The number of hydrogen-bond donors (Lipinski definition) is 0.